The van der Waals surface area contributed by atoms with E-state index in [1.54, 1.807) is 6.07 Å². The molecule has 0 spiro atoms. The number of benzene rings is 1. The maximum Gasteiger partial charge on any atom is 0.326 e. The van der Waals surface area contributed by atoms with Crippen LogP contribution in [0.5, 0.6) is 0 Å². The van der Waals surface area contributed by atoms with Crippen molar-refractivity contribution in [2.24, 2.45) is 5.92 Å². The number of amides is 2. The lowest BCUT2D eigenvalue weighted by molar-refractivity contribution is -0.147. The zero-order valence-corrected chi connectivity index (χ0v) is 14.0. The summed E-state index contributed by atoms with van der Waals surface area (Å²) in [7, 11) is 0. The second-order valence-electron chi connectivity index (χ2n) is 5.59. The minimum Gasteiger partial charge on any atom is -0.454 e. The molecule has 0 bridgehead atoms. The normalized spacial score (nSPS) is 13.7. The predicted molar refractivity (Wildman–Crippen MR) is 88.3 cm³/mol. The third-order valence-corrected chi connectivity index (χ3v) is 4.21. The van der Waals surface area contributed by atoms with E-state index >= 15 is 0 Å². The average molecular weight is 336 g/mol. The second kappa shape index (κ2) is 8.01. The maximum absolute atomic E-state index is 12.0. The number of hydrogen-bond donors (Lipinski definition) is 1. The van der Waals surface area contributed by atoms with Gasteiger partial charge in [0.25, 0.3) is 5.91 Å². The highest BCUT2D eigenvalue weighted by Gasteiger charge is 2.26. The van der Waals surface area contributed by atoms with Crippen LogP contribution in [0.1, 0.15) is 13.8 Å². The summed E-state index contributed by atoms with van der Waals surface area (Å²) in [5.74, 6) is -0.462. The first-order valence-corrected chi connectivity index (χ1v) is 8.40. The highest BCUT2D eigenvalue weighted by molar-refractivity contribution is 8.00. The summed E-state index contributed by atoms with van der Waals surface area (Å²) in [6, 6.07) is 7.40. The Balaban J connectivity index is 1.88. The van der Waals surface area contributed by atoms with Gasteiger partial charge in [0, 0.05) is 11.4 Å². The Kier molecular flexibility index (Phi) is 6.04. The minimum absolute atomic E-state index is 0.144. The standard InChI is InChI=1S/C16H20N2O4S/c1-11(2)7-17-14(19)9-22-16(21)8-18-12-5-3-4-6-13(12)23-10-15(18)20/h3-6,11H,7-10H2,1-2H3,(H,17,19). The fourth-order valence-electron chi connectivity index (χ4n) is 2.02. The van der Waals surface area contributed by atoms with Crippen LogP contribution in [-0.2, 0) is 19.1 Å². The van der Waals surface area contributed by atoms with Crippen LogP contribution < -0.4 is 10.2 Å². The molecule has 0 unspecified atom stereocenters. The van der Waals surface area contributed by atoms with Gasteiger partial charge >= 0.3 is 5.97 Å². The van der Waals surface area contributed by atoms with Crippen molar-refractivity contribution in [3.8, 4) is 0 Å². The Hall–Kier alpha value is -2.02. The molecular formula is C16H20N2O4S. The molecule has 1 heterocycles. The van der Waals surface area contributed by atoms with E-state index in [4.69, 9.17) is 4.74 Å². The number of carbonyl (C=O) groups excluding carboxylic acids is 3. The molecule has 1 aromatic rings. The van der Waals surface area contributed by atoms with Gasteiger partial charge < -0.3 is 10.1 Å². The van der Waals surface area contributed by atoms with E-state index in [2.05, 4.69) is 5.32 Å². The number of ether oxygens (including phenoxy) is 1. The van der Waals surface area contributed by atoms with Crippen molar-refractivity contribution < 1.29 is 19.1 Å². The number of thioether (sulfide) groups is 1. The summed E-state index contributed by atoms with van der Waals surface area (Å²) in [6.45, 7) is 3.97. The number of nitrogens with zero attached hydrogens (tertiary/aromatic N) is 1. The summed E-state index contributed by atoms with van der Waals surface area (Å²) < 4.78 is 4.95. The minimum atomic E-state index is -0.597. The first kappa shape index (κ1) is 17.3. The first-order valence-electron chi connectivity index (χ1n) is 7.42. The number of hydrogen-bond acceptors (Lipinski definition) is 5. The number of nitrogens with one attached hydrogen (secondary N) is 1. The van der Waals surface area contributed by atoms with Crippen molar-refractivity contribution in [3.63, 3.8) is 0 Å². The zero-order chi connectivity index (χ0) is 16.8. The molecule has 0 atom stereocenters. The van der Waals surface area contributed by atoms with E-state index in [9.17, 15) is 14.4 Å². The Morgan fingerprint density at radius 2 is 2.09 bits per heavy atom. The van der Waals surface area contributed by atoms with Gasteiger partial charge in [-0.3, -0.25) is 19.3 Å². The molecule has 1 aromatic carbocycles. The van der Waals surface area contributed by atoms with E-state index in [1.165, 1.54) is 16.7 Å². The molecule has 0 radical (unpaired) electrons. The molecule has 2 amide bonds. The summed E-state index contributed by atoms with van der Waals surface area (Å²) in [6.07, 6.45) is 0. The fraction of sp³-hybridized carbons (Fsp3) is 0.438. The third-order valence-electron chi connectivity index (χ3n) is 3.17. The molecule has 0 aliphatic carbocycles. The fourth-order valence-corrected chi connectivity index (χ4v) is 2.95. The quantitative estimate of drug-likeness (QED) is 0.796. The van der Waals surface area contributed by atoms with Gasteiger partial charge in [0.15, 0.2) is 6.61 Å². The van der Waals surface area contributed by atoms with Crippen molar-refractivity contribution in [1.82, 2.24) is 5.32 Å². The van der Waals surface area contributed by atoms with Crippen LogP contribution >= 0.6 is 11.8 Å². The average Bonchev–Trinajstić information content (AvgIpc) is 2.53. The van der Waals surface area contributed by atoms with Gasteiger partial charge in [-0.15, -0.1) is 11.8 Å². The van der Waals surface area contributed by atoms with Crippen molar-refractivity contribution in [1.29, 1.82) is 0 Å². The van der Waals surface area contributed by atoms with Crippen LogP contribution in [0.15, 0.2) is 29.2 Å². The van der Waals surface area contributed by atoms with Crippen molar-refractivity contribution in [2.75, 3.05) is 30.3 Å². The number of rotatable bonds is 6. The van der Waals surface area contributed by atoms with Gasteiger partial charge in [0.1, 0.15) is 6.54 Å². The Bertz CT molecular complexity index is 603. The summed E-state index contributed by atoms with van der Waals surface area (Å²) in [5, 5.41) is 2.67. The van der Waals surface area contributed by atoms with Gasteiger partial charge in [0.2, 0.25) is 5.91 Å². The topological polar surface area (TPSA) is 75.7 Å². The molecule has 7 heteroatoms. The maximum atomic E-state index is 12.0. The smallest absolute Gasteiger partial charge is 0.326 e. The number of carbonyl (C=O) groups is 3. The monoisotopic (exact) mass is 336 g/mol. The molecule has 0 saturated heterocycles. The lowest BCUT2D eigenvalue weighted by Crippen LogP contribution is -2.40. The van der Waals surface area contributed by atoms with E-state index in [0.29, 0.717) is 23.9 Å². The largest absolute Gasteiger partial charge is 0.454 e. The number of esters is 1. The van der Waals surface area contributed by atoms with Crippen LogP contribution in [-0.4, -0.2) is 43.2 Å². The molecule has 1 aliphatic rings. The zero-order valence-electron chi connectivity index (χ0n) is 13.2. The Labute approximate surface area is 139 Å². The summed E-state index contributed by atoms with van der Waals surface area (Å²) >= 11 is 1.45. The van der Waals surface area contributed by atoms with Crippen LogP contribution in [0.4, 0.5) is 5.69 Å². The van der Waals surface area contributed by atoms with Gasteiger partial charge in [-0.2, -0.15) is 0 Å². The third kappa shape index (κ3) is 4.99. The molecule has 0 saturated carbocycles. The number of anilines is 1. The molecule has 1 N–H and O–H groups in total. The predicted octanol–water partition coefficient (Wildman–Crippen LogP) is 1.44. The molecule has 6 nitrogen and oxygen atoms in total. The lowest BCUT2D eigenvalue weighted by Gasteiger charge is -2.27. The summed E-state index contributed by atoms with van der Waals surface area (Å²) in [4.78, 5) is 37.8. The van der Waals surface area contributed by atoms with Crippen molar-refractivity contribution in [2.45, 2.75) is 18.7 Å². The number of fused-ring (bicyclic) bond motifs is 1. The lowest BCUT2D eigenvalue weighted by atomic mass is 10.2. The van der Waals surface area contributed by atoms with Gasteiger partial charge in [-0.1, -0.05) is 26.0 Å². The molecular weight excluding hydrogens is 316 g/mol. The molecule has 2 rings (SSSR count). The van der Waals surface area contributed by atoms with Crippen LogP contribution in [0, 0.1) is 5.92 Å². The second-order valence-corrected chi connectivity index (χ2v) is 6.61. The molecule has 124 valence electrons. The Morgan fingerprint density at radius 3 is 2.83 bits per heavy atom. The molecule has 1 aliphatic heterocycles. The molecule has 0 aromatic heterocycles. The first-order chi connectivity index (χ1) is 11.0. The van der Waals surface area contributed by atoms with Crippen molar-refractivity contribution >= 4 is 35.2 Å². The van der Waals surface area contributed by atoms with Crippen LogP contribution in [0.3, 0.4) is 0 Å². The van der Waals surface area contributed by atoms with Gasteiger partial charge in [-0.25, -0.2) is 0 Å². The van der Waals surface area contributed by atoms with Crippen LogP contribution in [0.2, 0.25) is 0 Å². The summed E-state index contributed by atoms with van der Waals surface area (Å²) in [5.41, 5.74) is 0.704. The van der Waals surface area contributed by atoms with Crippen molar-refractivity contribution in [3.05, 3.63) is 24.3 Å². The van der Waals surface area contributed by atoms with Crippen LogP contribution in [0.25, 0.3) is 0 Å². The van der Waals surface area contributed by atoms with E-state index in [1.807, 2.05) is 32.0 Å². The number of para-hydroxylation sites is 1. The van der Waals surface area contributed by atoms with E-state index in [0.717, 1.165) is 4.90 Å². The van der Waals surface area contributed by atoms with E-state index in [-0.39, 0.29) is 25.0 Å². The van der Waals surface area contributed by atoms with Gasteiger partial charge in [0.05, 0.1) is 11.4 Å². The molecule has 23 heavy (non-hydrogen) atoms. The SMILES string of the molecule is CC(C)CNC(=O)COC(=O)CN1C(=O)CSc2ccccc21. The van der Waals surface area contributed by atoms with Gasteiger partial charge in [-0.05, 0) is 18.1 Å². The van der Waals surface area contributed by atoms with E-state index < -0.39 is 5.97 Å². The highest BCUT2D eigenvalue weighted by Crippen LogP contribution is 2.34. The molecule has 0 fully saturated rings. The Morgan fingerprint density at radius 1 is 1.35 bits per heavy atom. The highest BCUT2D eigenvalue weighted by atomic mass is 32.2.